The molecule has 2 unspecified atom stereocenters. The van der Waals surface area contributed by atoms with Gasteiger partial charge in [0, 0.05) is 30.2 Å². The number of hydrogen-bond acceptors (Lipinski definition) is 4. The van der Waals surface area contributed by atoms with Crippen molar-refractivity contribution in [3.63, 3.8) is 0 Å². The Morgan fingerprint density at radius 1 is 1.28 bits per heavy atom. The Morgan fingerprint density at radius 2 is 2.14 bits per heavy atom. The summed E-state index contributed by atoms with van der Waals surface area (Å²) in [5.74, 6) is -0.0731. The summed E-state index contributed by atoms with van der Waals surface area (Å²) in [4.78, 5) is 25.4. The largest absolute Gasteiger partial charge is 0.377 e. The molecule has 7 nitrogen and oxygen atoms in total. The summed E-state index contributed by atoms with van der Waals surface area (Å²) in [5.41, 5.74) is 4.03. The first-order valence-corrected chi connectivity index (χ1v) is 10.1. The van der Waals surface area contributed by atoms with Crippen LogP contribution in [-0.4, -0.2) is 39.5 Å². The summed E-state index contributed by atoms with van der Waals surface area (Å²) < 4.78 is 9.15. The minimum absolute atomic E-state index is 0.0731. The van der Waals surface area contributed by atoms with Crippen LogP contribution in [0.3, 0.4) is 0 Å². The van der Waals surface area contributed by atoms with Gasteiger partial charge in [0.05, 0.1) is 31.4 Å². The van der Waals surface area contributed by atoms with Gasteiger partial charge in [0.2, 0.25) is 5.91 Å². The fraction of sp³-hybridized carbons (Fsp3) is 0.409. The molecular weight excluding hydrogens is 368 g/mol. The molecule has 2 aliphatic rings. The Bertz CT molecular complexity index is 1150. The summed E-state index contributed by atoms with van der Waals surface area (Å²) in [6.45, 7) is 0.766. The molecule has 1 N–H and O–H groups in total. The summed E-state index contributed by atoms with van der Waals surface area (Å²) >= 11 is 0. The average Bonchev–Trinajstić information content (AvgIpc) is 3.41. The van der Waals surface area contributed by atoms with Crippen LogP contribution in [0.2, 0.25) is 0 Å². The zero-order valence-corrected chi connectivity index (χ0v) is 16.4. The van der Waals surface area contributed by atoms with E-state index in [1.165, 1.54) is 4.68 Å². The molecule has 29 heavy (non-hydrogen) atoms. The van der Waals surface area contributed by atoms with Gasteiger partial charge in [-0.05, 0) is 36.5 Å². The number of ether oxygens (including phenoxy) is 1. The van der Waals surface area contributed by atoms with E-state index in [9.17, 15) is 9.59 Å². The van der Waals surface area contributed by atoms with Gasteiger partial charge >= 0.3 is 0 Å². The number of nitrogens with zero attached hydrogens (tertiary/aromatic N) is 3. The normalized spacial score (nSPS) is 20.9. The number of nitrogens with one attached hydrogen (secondary N) is 1. The maximum absolute atomic E-state index is 12.8. The molecular formula is C22H24N4O3. The number of hydrogen-bond donors (Lipinski definition) is 1. The van der Waals surface area contributed by atoms with Gasteiger partial charge in [-0.15, -0.1) is 0 Å². The minimum Gasteiger partial charge on any atom is -0.377 e. The molecule has 1 saturated heterocycles. The third-order valence-electron chi connectivity index (χ3n) is 6.02. The van der Waals surface area contributed by atoms with E-state index >= 15 is 0 Å². The van der Waals surface area contributed by atoms with E-state index in [0.717, 1.165) is 47.0 Å². The zero-order valence-electron chi connectivity index (χ0n) is 16.4. The summed E-state index contributed by atoms with van der Waals surface area (Å²) in [6, 6.07) is 9.22. The first-order chi connectivity index (χ1) is 14.1. The molecule has 0 radical (unpaired) electrons. The standard InChI is InChI=1S/C22H24N4O3/c1-25-11-15(16-6-2-3-8-19(16)25)9-21(27)23-18-12-29-13-20(18)26-22(28)10-14-5-4-7-17(14)24-26/h2-3,6,8,10-11,18,20H,4-5,7,9,12-13H2,1H3,(H,23,27). The van der Waals surface area contributed by atoms with Gasteiger partial charge in [0.15, 0.2) is 0 Å². The highest BCUT2D eigenvalue weighted by Gasteiger charge is 2.33. The fourth-order valence-corrected chi connectivity index (χ4v) is 4.57. The second-order valence-electron chi connectivity index (χ2n) is 7.99. The van der Waals surface area contributed by atoms with E-state index in [1.54, 1.807) is 6.07 Å². The quantitative estimate of drug-likeness (QED) is 0.730. The van der Waals surface area contributed by atoms with Gasteiger partial charge in [-0.2, -0.15) is 5.10 Å². The molecule has 3 aromatic rings. The Kier molecular flexibility index (Phi) is 4.47. The van der Waals surface area contributed by atoms with Crippen molar-refractivity contribution in [3.8, 4) is 0 Å². The number of carbonyl (C=O) groups excluding carboxylic acids is 1. The monoisotopic (exact) mass is 392 g/mol. The van der Waals surface area contributed by atoms with Crippen LogP contribution in [0.25, 0.3) is 10.9 Å². The van der Waals surface area contributed by atoms with Crippen molar-refractivity contribution >= 4 is 16.8 Å². The Balaban J connectivity index is 1.34. The number of rotatable bonds is 4. The second kappa shape index (κ2) is 7.15. The third kappa shape index (κ3) is 3.25. The molecule has 0 saturated carbocycles. The highest BCUT2D eigenvalue weighted by molar-refractivity contribution is 5.89. The van der Waals surface area contributed by atoms with Gasteiger partial charge in [0.1, 0.15) is 6.04 Å². The predicted octanol–water partition coefficient (Wildman–Crippen LogP) is 1.52. The minimum atomic E-state index is -0.273. The number of carbonyl (C=O) groups is 1. The molecule has 2 atom stereocenters. The van der Waals surface area contributed by atoms with Crippen LogP contribution in [0.4, 0.5) is 0 Å². The molecule has 1 amide bonds. The van der Waals surface area contributed by atoms with Gasteiger partial charge in [-0.3, -0.25) is 9.59 Å². The lowest BCUT2D eigenvalue weighted by Crippen LogP contribution is -2.44. The lowest BCUT2D eigenvalue weighted by molar-refractivity contribution is -0.121. The molecule has 5 rings (SSSR count). The van der Waals surface area contributed by atoms with Crippen molar-refractivity contribution in [1.82, 2.24) is 19.7 Å². The summed E-state index contributed by atoms with van der Waals surface area (Å²) in [5, 5.41) is 8.75. The number of aryl methyl sites for hydroxylation is 3. The van der Waals surface area contributed by atoms with Crippen LogP contribution >= 0.6 is 0 Å². The predicted molar refractivity (Wildman–Crippen MR) is 109 cm³/mol. The van der Waals surface area contributed by atoms with E-state index in [0.29, 0.717) is 13.2 Å². The average molecular weight is 392 g/mol. The van der Waals surface area contributed by atoms with E-state index in [2.05, 4.69) is 10.4 Å². The van der Waals surface area contributed by atoms with Gasteiger partial charge in [-0.25, -0.2) is 4.68 Å². The maximum Gasteiger partial charge on any atom is 0.267 e. The van der Waals surface area contributed by atoms with Crippen LogP contribution in [0, 0.1) is 0 Å². The molecule has 7 heteroatoms. The fourth-order valence-electron chi connectivity index (χ4n) is 4.57. The van der Waals surface area contributed by atoms with Crippen LogP contribution in [-0.2, 0) is 35.8 Å². The molecule has 0 spiro atoms. The summed E-state index contributed by atoms with van der Waals surface area (Å²) in [6.07, 6.45) is 5.15. The molecule has 1 aliphatic heterocycles. The molecule has 1 fully saturated rings. The van der Waals surface area contributed by atoms with Gasteiger partial charge in [0.25, 0.3) is 5.56 Å². The first-order valence-electron chi connectivity index (χ1n) is 10.1. The third-order valence-corrected chi connectivity index (χ3v) is 6.02. The summed E-state index contributed by atoms with van der Waals surface area (Å²) in [7, 11) is 1.98. The van der Waals surface area contributed by atoms with E-state index in [-0.39, 0.29) is 30.0 Å². The Labute approximate surface area is 168 Å². The highest BCUT2D eigenvalue weighted by Crippen LogP contribution is 2.23. The lowest BCUT2D eigenvalue weighted by atomic mass is 10.1. The Morgan fingerprint density at radius 3 is 3.03 bits per heavy atom. The highest BCUT2D eigenvalue weighted by atomic mass is 16.5. The van der Waals surface area contributed by atoms with Crippen molar-refractivity contribution in [1.29, 1.82) is 0 Å². The molecule has 3 heterocycles. The van der Waals surface area contributed by atoms with E-state index < -0.39 is 0 Å². The van der Waals surface area contributed by atoms with Gasteiger partial charge in [-0.1, -0.05) is 18.2 Å². The number of aromatic nitrogens is 3. The topological polar surface area (TPSA) is 78.2 Å². The molecule has 1 aromatic carbocycles. The van der Waals surface area contributed by atoms with Crippen LogP contribution in [0.15, 0.2) is 41.3 Å². The van der Waals surface area contributed by atoms with E-state index in [1.807, 2.05) is 42.1 Å². The van der Waals surface area contributed by atoms with Gasteiger partial charge < -0.3 is 14.6 Å². The second-order valence-corrected chi connectivity index (χ2v) is 7.99. The van der Waals surface area contributed by atoms with Crippen LogP contribution < -0.4 is 10.9 Å². The number of benzene rings is 1. The van der Waals surface area contributed by atoms with Crippen molar-refractivity contribution in [2.45, 2.75) is 37.8 Å². The Hall–Kier alpha value is -2.93. The first kappa shape index (κ1) is 18.1. The molecule has 1 aliphatic carbocycles. The van der Waals surface area contributed by atoms with E-state index in [4.69, 9.17) is 4.74 Å². The number of amides is 1. The smallest absolute Gasteiger partial charge is 0.267 e. The number of para-hydroxylation sites is 1. The van der Waals surface area contributed by atoms with Crippen molar-refractivity contribution in [3.05, 3.63) is 63.7 Å². The van der Waals surface area contributed by atoms with Crippen molar-refractivity contribution in [2.24, 2.45) is 7.05 Å². The lowest BCUT2D eigenvalue weighted by Gasteiger charge is -2.21. The van der Waals surface area contributed by atoms with Crippen molar-refractivity contribution in [2.75, 3.05) is 13.2 Å². The zero-order chi connectivity index (χ0) is 20.0. The SMILES string of the molecule is Cn1cc(CC(=O)NC2COCC2n2nc3c(cc2=O)CCC3)c2ccccc21. The maximum atomic E-state index is 12.8. The van der Waals surface area contributed by atoms with Crippen molar-refractivity contribution < 1.29 is 9.53 Å². The molecule has 2 aromatic heterocycles. The molecule has 150 valence electrons. The number of fused-ring (bicyclic) bond motifs is 2. The van der Waals surface area contributed by atoms with Crippen LogP contribution in [0.1, 0.15) is 29.3 Å². The van der Waals surface area contributed by atoms with Crippen LogP contribution in [0.5, 0.6) is 0 Å². The molecule has 0 bridgehead atoms.